The van der Waals surface area contributed by atoms with Crippen molar-refractivity contribution in [3.05, 3.63) is 65.9 Å². The molecule has 2 amide bonds. The summed E-state index contributed by atoms with van der Waals surface area (Å²) in [5.74, 6) is 0.464. The van der Waals surface area contributed by atoms with Gasteiger partial charge < -0.3 is 24.3 Å². The number of nitrogens with one attached hydrogen (secondary N) is 1. The van der Waals surface area contributed by atoms with Gasteiger partial charge in [-0.15, -0.1) is 0 Å². The molecule has 3 aromatic rings. The molecule has 1 fully saturated rings. The molecule has 0 spiro atoms. The van der Waals surface area contributed by atoms with Crippen LogP contribution in [0.5, 0.6) is 5.75 Å². The third-order valence-electron chi connectivity index (χ3n) is 7.33. The molecule has 2 aromatic carbocycles. The first-order chi connectivity index (χ1) is 17.0. The maximum atomic E-state index is 13.8. The highest BCUT2D eigenvalue weighted by Gasteiger charge is 2.47. The average Bonchev–Trinajstić information content (AvgIpc) is 3.53. The van der Waals surface area contributed by atoms with Crippen LogP contribution in [0.3, 0.4) is 0 Å². The van der Waals surface area contributed by atoms with Crippen LogP contribution in [0.2, 0.25) is 0 Å². The molecular formula is C28H33N3O4. The van der Waals surface area contributed by atoms with E-state index in [1.807, 2.05) is 54.0 Å². The summed E-state index contributed by atoms with van der Waals surface area (Å²) >= 11 is 0. The van der Waals surface area contributed by atoms with Crippen molar-refractivity contribution in [2.75, 3.05) is 26.8 Å². The number of carbonyl (C=O) groups excluding carboxylic acids is 2. The summed E-state index contributed by atoms with van der Waals surface area (Å²) in [6.07, 6.45) is 3.63. The summed E-state index contributed by atoms with van der Waals surface area (Å²) in [6.45, 7) is 3.97. The second-order valence-electron chi connectivity index (χ2n) is 9.71. The molecule has 7 heteroatoms. The molecule has 2 aliphatic rings. The largest absolute Gasteiger partial charge is 0.497 e. The summed E-state index contributed by atoms with van der Waals surface area (Å²) in [4.78, 5) is 29.3. The quantitative estimate of drug-likeness (QED) is 0.538. The number of aryl methyl sites for hydroxylation is 1. The second-order valence-corrected chi connectivity index (χ2v) is 9.71. The number of fused-ring (bicyclic) bond motifs is 3. The Hall–Kier alpha value is -3.32. The van der Waals surface area contributed by atoms with Gasteiger partial charge in [0.05, 0.1) is 25.3 Å². The summed E-state index contributed by atoms with van der Waals surface area (Å²) in [6, 6.07) is 17.9. The van der Waals surface area contributed by atoms with Gasteiger partial charge >= 0.3 is 0 Å². The topological polar surface area (TPSA) is 72.8 Å². The Balaban J connectivity index is 1.44. The lowest BCUT2D eigenvalue weighted by Crippen LogP contribution is -2.64. The number of benzene rings is 2. The number of methoxy groups -OCH3 is 1. The first kappa shape index (κ1) is 23.4. The van der Waals surface area contributed by atoms with Gasteiger partial charge in [-0.05, 0) is 56.4 Å². The lowest BCUT2D eigenvalue weighted by molar-refractivity contribution is -0.133. The van der Waals surface area contributed by atoms with E-state index in [9.17, 15) is 9.59 Å². The summed E-state index contributed by atoms with van der Waals surface area (Å²) < 4.78 is 13.1. The predicted octanol–water partition coefficient (Wildman–Crippen LogP) is 3.79. The third kappa shape index (κ3) is 4.52. The maximum Gasteiger partial charge on any atom is 0.271 e. The van der Waals surface area contributed by atoms with Crippen molar-refractivity contribution in [1.82, 2.24) is 14.8 Å². The van der Waals surface area contributed by atoms with Crippen LogP contribution < -0.4 is 10.1 Å². The van der Waals surface area contributed by atoms with E-state index >= 15 is 0 Å². The summed E-state index contributed by atoms with van der Waals surface area (Å²) in [5.41, 5.74) is 1.71. The van der Waals surface area contributed by atoms with Gasteiger partial charge in [-0.2, -0.15) is 0 Å². The normalized spacial score (nSPS) is 21.8. The Bertz CT molecular complexity index is 1220. The van der Waals surface area contributed by atoms with E-state index in [1.54, 1.807) is 12.0 Å². The lowest BCUT2D eigenvalue weighted by Gasteiger charge is -2.44. The van der Waals surface area contributed by atoms with Crippen LogP contribution in [0.15, 0.2) is 54.6 Å². The number of aromatic nitrogens is 1. The van der Waals surface area contributed by atoms with Crippen LogP contribution in [0.4, 0.5) is 0 Å². The Labute approximate surface area is 206 Å². The van der Waals surface area contributed by atoms with Gasteiger partial charge in [0.1, 0.15) is 17.0 Å². The van der Waals surface area contributed by atoms with Gasteiger partial charge in [-0.3, -0.25) is 9.59 Å². The second kappa shape index (κ2) is 9.74. The number of hydrogen-bond acceptors (Lipinski definition) is 4. The number of hydrogen-bond donors (Lipinski definition) is 1. The summed E-state index contributed by atoms with van der Waals surface area (Å²) in [7, 11) is 1.63. The van der Waals surface area contributed by atoms with Crippen molar-refractivity contribution in [1.29, 1.82) is 0 Å². The van der Waals surface area contributed by atoms with E-state index in [1.165, 1.54) is 5.56 Å². The highest BCUT2D eigenvalue weighted by atomic mass is 16.5. The number of nitrogens with zero attached hydrogens (tertiary/aromatic N) is 2. The molecular weight excluding hydrogens is 442 g/mol. The Morgan fingerprint density at radius 1 is 1.20 bits per heavy atom. The van der Waals surface area contributed by atoms with Crippen LogP contribution in [0.1, 0.15) is 42.2 Å². The highest BCUT2D eigenvalue weighted by molar-refractivity contribution is 6.03. The van der Waals surface area contributed by atoms with Gasteiger partial charge in [0.25, 0.3) is 5.91 Å². The van der Waals surface area contributed by atoms with Crippen LogP contribution in [-0.2, 0) is 22.5 Å². The minimum Gasteiger partial charge on any atom is -0.497 e. The molecule has 184 valence electrons. The van der Waals surface area contributed by atoms with E-state index in [2.05, 4.69) is 17.4 Å². The molecule has 2 aliphatic heterocycles. The van der Waals surface area contributed by atoms with Crippen LogP contribution >= 0.6 is 0 Å². The molecule has 1 saturated heterocycles. The molecule has 35 heavy (non-hydrogen) atoms. The van der Waals surface area contributed by atoms with Gasteiger partial charge in [-0.25, -0.2) is 0 Å². The van der Waals surface area contributed by atoms with Crippen molar-refractivity contribution in [2.24, 2.45) is 0 Å². The molecule has 0 saturated carbocycles. The summed E-state index contributed by atoms with van der Waals surface area (Å²) in [5, 5.41) is 4.05. The molecule has 5 rings (SSSR count). The van der Waals surface area contributed by atoms with Gasteiger partial charge in [0.2, 0.25) is 5.91 Å². The van der Waals surface area contributed by atoms with Gasteiger partial charge in [0.15, 0.2) is 0 Å². The average molecular weight is 476 g/mol. The zero-order valence-electron chi connectivity index (χ0n) is 20.5. The molecule has 1 aromatic heterocycles. The smallest absolute Gasteiger partial charge is 0.271 e. The molecule has 0 radical (unpaired) electrons. The number of carbonyl (C=O) groups is 2. The molecule has 2 atom stereocenters. The van der Waals surface area contributed by atoms with E-state index in [-0.39, 0.29) is 17.9 Å². The van der Waals surface area contributed by atoms with Gasteiger partial charge in [0, 0.05) is 31.1 Å². The fourth-order valence-corrected chi connectivity index (χ4v) is 5.30. The van der Waals surface area contributed by atoms with Crippen molar-refractivity contribution >= 4 is 22.7 Å². The fourth-order valence-electron chi connectivity index (χ4n) is 5.30. The van der Waals surface area contributed by atoms with Crippen LogP contribution in [0, 0.1) is 0 Å². The van der Waals surface area contributed by atoms with Gasteiger partial charge in [-0.1, -0.05) is 30.3 Å². The third-order valence-corrected chi connectivity index (χ3v) is 7.33. The van der Waals surface area contributed by atoms with E-state index in [0.717, 1.165) is 48.9 Å². The Morgan fingerprint density at radius 2 is 2.03 bits per heavy atom. The van der Waals surface area contributed by atoms with Crippen molar-refractivity contribution in [3.63, 3.8) is 0 Å². The zero-order valence-corrected chi connectivity index (χ0v) is 20.5. The minimum absolute atomic E-state index is 0.0422. The number of rotatable bonds is 8. The fraction of sp³-hybridized carbons (Fsp3) is 0.429. The first-order valence-corrected chi connectivity index (χ1v) is 12.4. The minimum atomic E-state index is -1.02. The molecule has 1 N–H and O–H groups in total. The van der Waals surface area contributed by atoms with E-state index in [0.29, 0.717) is 25.3 Å². The van der Waals surface area contributed by atoms with E-state index in [4.69, 9.17) is 9.47 Å². The highest BCUT2D eigenvalue weighted by Crippen LogP contribution is 2.34. The monoisotopic (exact) mass is 475 g/mol. The number of ether oxygens (including phenoxy) is 2. The predicted molar refractivity (Wildman–Crippen MR) is 135 cm³/mol. The van der Waals surface area contributed by atoms with Crippen LogP contribution in [-0.4, -0.2) is 59.7 Å². The lowest BCUT2D eigenvalue weighted by atomic mass is 9.93. The van der Waals surface area contributed by atoms with Crippen LogP contribution in [0.25, 0.3) is 10.9 Å². The zero-order chi connectivity index (χ0) is 24.4. The van der Waals surface area contributed by atoms with Crippen molar-refractivity contribution < 1.29 is 19.1 Å². The Morgan fingerprint density at radius 3 is 2.77 bits per heavy atom. The van der Waals surface area contributed by atoms with E-state index < -0.39 is 5.54 Å². The van der Waals surface area contributed by atoms with Crippen molar-refractivity contribution in [2.45, 2.75) is 50.8 Å². The standard InChI is InChI=1S/C28H33N3O4/c1-28(27(33)29-18-23-11-7-15-35-23)19-30-24-17-22(34-2)13-12-21(24)16-25(30)26(32)31(28)14-6-10-20-8-4-3-5-9-20/h3-5,8-9,12-13,16-17,23H,6-7,10-11,14-15,18-19H2,1-2H3,(H,29,33)/t23-,28-/m0/s1. The number of amides is 2. The Kier molecular flexibility index (Phi) is 6.52. The SMILES string of the molecule is COc1ccc2cc3n(c2c1)C[C@@](C)(C(=O)NC[C@@H]1CCCO1)N(CCCc1ccccc1)C3=O. The molecule has 7 nitrogen and oxygen atoms in total. The molecule has 0 bridgehead atoms. The molecule has 0 unspecified atom stereocenters. The maximum absolute atomic E-state index is 13.8. The molecule has 0 aliphatic carbocycles. The molecule has 3 heterocycles. The first-order valence-electron chi connectivity index (χ1n) is 12.4. The van der Waals surface area contributed by atoms with Crippen molar-refractivity contribution in [3.8, 4) is 5.75 Å².